The second kappa shape index (κ2) is 8.74. The second-order valence-corrected chi connectivity index (χ2v) is 7.60. The summed E-state index contributed by atoms with van der Waals surface area (Å²) in [6.45, 7) is 7.48. The molecule has 1 N–H and O–H groups in total. The zero-order chi connectivity index (χ0) is 23.7. The first-order valence-corrected chi connectivity index (χ1v) is 10.6. The quantitative estimate of drug-likeness (QED) is 0.452. The van der Waals surface area contributed by atoms with Gasteiger partial charge in [-0.05, 0) is 69.3 Å². The van der Waals surface area contributed by atoms with Crippen LogP contribution in [0.4, 0.5) is 11.4 Å². The minimum atomic E-state index is -1.05. The zero-order valence-electron chi connectivity index (χ0n) is 18.5. The zero-order valence-corrected chi connectivity index (χ0v) is 18.5. The molecule has 2 aromatic carbocycles. The molecule has 2 heterocycles. The number of aromatic carboxylic acids is 1. The van der Waals surface area contributed by atoms with Gasteiger partial charge in [0.25, 0.3) is 5.91 Å². The minimum absolute atomic E-state index is 0.111. The molecular weight excluding hydrogens is 422 g/mol. The van der Waals surface area contributed by atoms with E-state index in [-0.39, 0.29) is 16.7 Å². The van der Waals surface area contributed by atoms with Gasteiger partial charge in [0.15, 0.2) is 0 Å². The van der Waals surface area contributed by atoms with E-state index < -0.39 is 17.5 Å². The van der Waals surface area contributed by atoms with Gasteiger partial charge in [-0.2, -0.15) is 10.1 Å². The van der Waals surface area contributed by atoms with Crippen molar-refractivity contribution in [3.05, 3.63) is 75.7 Å². The highest BCUT2D eigenvalue weighted by atomic mass is 16.4. The Morgan fingerprint density at radius 1 is 1.09 bits per heavy atom. The molecule has 3 aromatic rings. The average Bonchev–Trinajstić information content (AvgIpc) is 3.08. The Morgan fingerprint density at radius 3 is 2.42 bits per heavy atom. The Bertz CT molecular complexity index is 1370. The highest BCUT2D eigenvalue weighted by molar-refractivity contribution is 6.32. The lowest BCUT2D eigenvalue weighted by Gasteiger charge is -2.20. The number of carbonyl (C=O) groups is 2. The Hall–Kier alpha value is -4.20. The van der Waals surface area contributed by atoms with E-state index in [0.717, 1.165) is 24.2 Å². The van der Waals surface area contributed by atoms with Crippen LogP contribution >= 0.6 is 0 Å². The van der Waals surface area contributed by atoms with Crippen LogP contribution in [0.15, 0.2) is 68.4 Å². The Labute approximate surface area is 190 Å². The van der Waals surface area contributed by atoms with Crippen LogP contribution in [-0.4, -0.2) is 35.8 Å². The van der Waals surface area contributed by atoms with Crippen LogP contribution in [0.3, 0.4) is 0 Å². The van der Waals surface area contributed by atoms with Crippen molar-refractivity contribution < 1.29 is 19.1 Å². The predicted molar refractivity (Wildman–Crippen MR) is 128 cm³/mol. The summed E-state index contributed by atoms with van der Waals surface area (Å²) < 4.78 is 5.55. The number of hydrogen-bond acceptors (Lipinski definition) is 6. The van der Waals surface area contributed by atoms with Crippen LogP contribution < -0.4 is 15.5 Å². The fraction of sp³-hybridized carbons (Fsp3) is 0.200. The summed E-state index contributed by atoms with van der Waals surface area (Å²) in [7, 11) is 0. The summed E-state index contributed by atoms with van der Waals surface area (Å²) in [6, 6.07) is 13.2. The van der Waals surface area contributed by atoms with Gasteiger partial charge in [0.1, 0.15) is 5.58 Å². The van der Waals surface area contributed by atoms with Crippen LogP contribution in [0.25, 0.3) is 17.0 Å². The summed E-state index contributed by atoms with van der Waals surface area (Å²) in [5, 5.41) is 15.3. The van der Waals surface area contributed by atoms with Crippen molar-refractivity contribution in [2.24, 2.45) is 5.10 Å². The molecule has 0 unspecified atom stereocenters. The van der Waals surface area contributed by atoms with Gasteiger partial charge in [0, 0.05) is 30.2 Å². The standard InChI is InChI=1S/C25H23N3O5/c1-4-27(5-2)20-11-8-17-12-18(25(32)33-22(17)14-20)13-21-15(3)26-28(23(21)29)19-9-6-16(7-10-19)24(30)31/h6-14H,4-5H2,1-3H3,(H,30,31)/b21-13-. The number of hydrogen-bond donors (Lipinski definition) is 1. The third-order valence-corrected chi connectivity index (χ3v) is 5.60. The van der Waals surface area contributed by atoms with Crippen molar-refractivity contribution in [2.75, 3.05) is 23.0 Å². The lowest BCUT2D eigenvalue weighted by atomic mass is 10.1. The maximum atomic E-state index is 13.0. The molecule has 1 aromatic heterocycles. The first kappa shape index (κ1) is 22.0. The number of carboxylic acids is 1. The molecular formula is C25H23N3O5. The molecule has 4 rings (SSSR count). The molecule has 1 aliphatic heterocycles. The van der Waals surface area contributed by atoms with Crippen LogP contribution in [0.1, 0.15) is 36.7 Å². The van der Waals surface area contributed by atoms with Crippen LogP contribution in [0, 0.1) is 0 Å². The Morgan fingerprint density at radius 2 is 1.79 bits per heavy atom. The van der Waals surface area contributed by atoms with Gasteiger partial charge in [-0.15, -0.1) is 0 Å². The van der Waals surface area contributed by atoms with E-state index in [1.807, 2.05) is 18.2 Å². The van der Waals surface area contributed by atoms with Crippen molar-refractivity contribution in [3.63, 3.8) is 0 Å². The van der Waals surface area contributed by atoms with Gasteiger partial charge in [-0.25, -0.2) is 9.59 Å². The normalized spacial score (nSPS) is 14.8. The summed E-state index contributed by atoms with van der Waals surface area (Å²) in [6.07, 6.45) is 1.48. The number of rotatable bonds is 6. The molecule has 0 fully saturated rings. The molecule has 0 saturated heterocycles. The van der Waals surface area contributed by atoms with Crippen LogP contribution in [0.2, 0.25) is 0 Å². The van der Waals surface area contributed by atoms with Crippen molar-refractivity contribution in [2.45, 2.75) is 20.8 Å². The number of anilines is 2. The SMILES string of the molecule is CCN(CC)c1ccc2cc(/C=C3\C(=O)N(c4ccc(C(=O)O)cc4)N=C3C)c(=O)oc2c1. The lowest BCUT2D eigenvalue weighted by molar-refractivity contribution is -0.114. The Kier molecular flexibility index (Phi) is 5.83. The smallest absolute Gasteiger partial charge is 0.343 e. The third-order valence-electron chi connectivity index (χ3n) is 5.60. The van der Waals surface area contributed by atoms with E-state index in [4.69, 9.17) is 9.52 Å². The molecule has 33 heavy (non-hydrogen) atoms. The number of carboxylic acid groups (broad SMARTS) is 1. The van der Waals surface area contributed by atoms with Gasteiger partial charge in [0.05, 0.1) is 28.1 Å². The number of benzene rings is 2. The molecule has 1 aliphatic rings. The highest BCUT2D eigenvalue weighted by Gasteiger charge is 2.29. The van der Waals surface area contributed by atoms with Crippen molar-refractivity contribution in [1.29, 1.82) is 0 Å². The van der Waals surface area contributed by atoms with E-state index in [9.17, 15) is 14.4 Å². The fourth-order valence-electron chi connectivity index (χ4n) is 3.76. The summed E-state index contributed by atoms with van der Waals surface area (Å²) >= 11 is 0. The maximum absolute atomic E-state index is 13.0. The summed E-state index contributed by atoms with van der Waals surface area (Å²) in [5.41, 5.74) is 2.41. The lowest BCUT2D eigenvalue weighted by Crippen LogP contribution is -2.22. The first-order valence-electron chi connectivity index (χ1n) is 10.6. The largest absolute Gasteiger partial charge is 0.478 e. The topological polar surface area (TPSA) is 103 Å². The van der Waals surface area contributed by atoms with Crippen molar-refractivity contribution in [1.82, 2.24) is 0 Å². The van der Waals surface area contributed by atoms with Gasteiger partial charge in [-0.3, -0.25) is 4.79 Å². The number of carbonyl (C=O) groups excluding carboxylic acids is 1. The average molecular weight is 445 g/mol. The van der Waals surface area contributed by atoms with Gasteiger partial charge in [0.2, 0.25) is 0 Å². The molecule has 168 valence electrons. The van der Waals surface area contributed by atoms with Gasteiger partial charge >= 0.3 is 11.6 Å². The third kappa shape index (κ3) is 4.15. The summed E-state index contributed by atoms with van der Waals surface area (Å²) in [5.74, 6) is -1.46. The molecule has 0 atom stereocenters. The molecule has 0 bridgehead atoms. The van der Waals surface area contributed by atoms with E-state index in [2.05, 4.69) is 23.8 Å². The fourth-order valence-corrected chi connectivity index (χ4v) is 3.76. The molecule has 0 saturated carbocycles. The molecule has 0 spiro atoms. The van der Waals surface area contributed by atoms with Crippen LogP contribution in [-0.2, 0) is 4.79 Å². The molecule has 0 aliphatic carbocycles. The van der Waals surface area contributed by atoms with E-state index >= 15 is 0 Å². The number of amides is 1. The van der Waals surface area contributed by atoms with Gasteiger partial charge < -0.3 is 14.4 Å². The number of fused-ring (bicyclic) bond motifs is 1. The number of nitrogens with zero attached hydrogens (tertiary/aromatic N) is 3. The maximum Gasteiger partial charge on any atom is 0.343 e. The minimum Gasteiger partial charge on any atom is -0.478 e. The highest BCUT2D eigenvalue weighted by Crippen LogP contribution is 2.26. The van der Waals surface area contributed by atoms with E-state index in [1.54, 1.807) is 13.0 Å². The molecule has 8 heteroatoms. The predicted octanol–water partition coefficient (Wildman–Crippen LogP) is 4.14. The van der Waals surface area contributed by atoms with Crippen molar-refractivity contribution in [3.8, 4) is 0 Å². The van der Waals surface area contributed by atoms with Gasteiger partial charge in [-0.1, -0.05) is 0 Å². The summed E-state index contributed by atoms with van der Waals surface area (Å²) in [4.78, 5) is 38.9. The van der Waals surface area contributed by atoms with Crippen LogP contribution in [0.5, 0.6) is 0 Å². The number of hydrazone groups is 1. The first-order chi connectivity index (χ1) is 15.8. The van der Waals surface area contributed by atoms with E-state index in [0.29, 0.717) is 17.0 Å². The van der Waals surface area contributed by atoms with E-state index in [1.165, 1.54) is 35.4 Å². The molecule has 1 amide bonds. The second-order valence-electron chi connectivity index (χ2n) is 7.60. The Balaban J connectivity index is 1.67. The molecule has 0 radical (unpaired) electrons. The molecule has 8 nitrogen and oxygen atoms in total. The van der Waals surface area contributed by atoms with Crippen molar-refractivity contribution >= 4 is 46.0 Å². The monoisotopic (exact) mass is 445 g/mol.